The number of benzene rings is 1. The number of thioether (sulfide) groups is 1. The van der Waals surface area contributed by atoms with Gasteiger partial charge in [0.25, 0.3) is 0 Å². The summed E-state index contributed by atoms with van der Waals surface area (Å²) in [5.41, 5.74) is 3.20. The number of aromatic nitrogens is 3. The van der Waals surface area contributed by atoms with E-state index in [9.17, 15) is 9.59 Å². The van der Waals surface area contributed by atoms with Crippen LogP contribution < -0.4 is 10.1 Å². The molecule has 4 rings (SSSR count). The number of ether oxygens (including phenoxy) is 1. The summed E-state index contributed by atoms with van der Waals surface area (Å²) in [4.78, 5) is 29.4. The Morgan fingerprint density at radius 1 is 1.26 bits per heavy atom. The molecular formula is C23H28N4O3S. The molecule has 7 nitrogen and oxygen atoms in total. The minimum Gasteiger partial charge on any atom is -0.495 e. The van der Waals surface area contributed by atoms with Gasteiger partial charge in [-0.25, -0.2) is 4.98 Å². The van der Waals surface area contributed by atoms with Crippen molar-refractivity contribution in [3.63, 3.8) is 0 Å². The largest absolute Gasteiger partial charge is 0.495 e. The van der Waals surface area contributed by atoms with Crippen LogP contribution in [0.3, 0.4) is 0 Å². The first-order valence-electron chi connectivity index (χ1n) is 10.6. The maximum Gasteiger partial charge on any atom is 0.224 e. The van der Waals surface area contributed by atoms with Crippen molar-refractivity contribution in [2.45, 2.75) is 63.4 Å². The van der Waals surface area contributed by atoms with Crippen LogP contribution in [0.25, 0.3) is 0 Å². The van der Waals surface area contributed by atoms with Gasteiger partial charge < -0.3 is 10.1 Å². The van der Waals surface area contributed by atoms with Crippen LogP contribution in [-0.4, -0.2) is 39.7 Å². The number of methoxy groups -OCH3 is 1. The van der Waals surface area contributed by atoms with E-state index in [1.54, 1.807) is 25.1 Å². The lowest BCUT2D eigenvalue weighted by atomic mass is 9.70. The highest BCUT2D eigenvalue weighted by atomic mass is 32.2. The topological polar surface area (TPSA) is 94.1 Å². The van der Waals surface area contributed by atoms with Crippen molar-refractivity contribution in [1.29, 1.82) is 0 Å². The highest BCUT2D eigenvalue weighted by Crippen LogP contribution is 2.66. The lowest BCUT2D eigenvalue weighted by Gasteiger charge is -2.33. The molecule has 2 aromatic rings. The summed E-state index contributed by atoms with van der Waals surface area (Å²) in [5, 5.41) is 12.1. The molecule has 8 heteroatoms. The van der Waals surface area contributed by atoms with Gasteiger partial charge in [-0.1, -0.05) is 39.5 Å². The van der Waals surface area contributed by atoms with E-state index >= 15 is 0 Å². The summed E-state index contributed by atoms with van der Waals surface area (Å²) in [6.07, 6.45) is 2.58. The van der Waals surface area contributed by atoms with Crippen LogP contribution >= 0.6 is 11.8 Å². The summed E-state index contributed by atoms with van der Waals surface area (Å²) >= 11 is 1.30. The normalized spacial score (nSPS) is 22.8. The summed E-state index contributed by atoms with van der Waals surface area (Å²) in [7, 11) is 1.53. The number of nitrogens with one attached hydrogen (secondary N) is 1. The first kappa shape index (κ1) is 21.7. The Morgan fingerprint density at radius 3 is 2.74 bits per heavy atom. The Balaban J connectivity index is 1.49. The van der Waals surface area contributed by atoms with Crippen molar-refractivity contribution in [2.24, 2.45) is 5.41 Å². The van der Waals surface area contributed by atoms with Crippen LogP contribution in [0.5, 0.6) is 5.75 Å². The lowest BCUT2D eigenvalue weighted by molar-refractivity contribution is -0.115. The van der Waals surface area contributed by atoms with Crippen LogP contribution in [0.2, 0.25) is 0 Å². The van der Waals surface area contributed by atoms with Gasteiger partial charge >= 0.3 is 0 Å². The van der Waals surface area contributed by atoms with Crippen molar-refractivity contribution in [2.75, 3.05) is 18.2 Å². The molecule has 0 aliphatic heterocycles. The number of carbonyl (C=O) groups is 2. The zero-order valence-electron chi connectivity index (χ0n) is 18.6. The number of hydrogen-bond acceptors (Lipinski definition) is 7. The molecule has 1 aromatic heterocycles. The number of fused-ring (bicyclic) bond motifs is 5. The van der Waals surface area contributed by atoms with Crippen LogP contribution in [0.4, 0.5) is 5.69 Å². The summed E-state index contributed by atoms with van der Waals surface area (Å²) < 4.78 is 5.29. The minimum absolute atomic E-state index is 0.00459. The van der Waals surface area contributed by atoms with Crippen molar-refractivity contribution < 1.29 is 14.3 Å². The van der Waals surface area contributed by atoms with E-state index in [1.807, 2.05) is 0 Å². The van der Waals surface area contributed by atoms with Crippen LogP contribution in [0.1, 0.15) is 74.6 Å². The second kappa shape index (κ2) is 7.89. The number of ketones is 1. The molecule has 2 aliphatic rings. The second-order valence-electron chi connectivity index (χ2n) is 9.00. The third kappa shape index (κ3) is 3.50. The Bertz CT molecular complexity index is 1060. The van der Waals surface area contributed by atoms with Gasteiger partial charge in [-0.2, -0.15) is 5.10 Å². The van der Waals surface area contributed by atoms with Gasteiger partial charge in [0.05, 0.1) is 29.9 Å². The molecule has 1 aromatic carbocycles. The summed E-state index contributed by atoms with van der Waals surface area (Å²) in [6, 6.07) is 5.05. The predicted octanol–water partition coefficient (Wildman–Crippen LogP) is 4.38. The van der Waals surface area contributed by atoms with E-state index < -0.39 is 0 Å². The summed E-state index contributed by atoms with van der Waals surface area (Å²) in [5.74, 6) is 0.905. The molecule has 2 bridgehead atoms. The fourth-order valence-electron chi connectivity index (χ4n) is 4.85. The van der Waals surface area contributed by atoms with Gasteiger partial charge in [-0.3, -0.25) is 9.59 Å². The molecular weight excluding hydrogens is 412 g/mol. The highest BCUT2D eigenvalue weighted by Gasteiger charge is 2.61. The van der Waals surface area contributed by atoms with E-state index in [0.29, 0.717) is 34.5 Å². The van der Waals surface area contributed by atoms with E-state index in [2.05, 4.69) is 36.3 Å². The second-order valence-corrected chi connectivity index (χ2v) is 9.94. The number of anilines is 1. The molecule has 1 saturated carbocycles. The Hall–Kier alpha value is -2.48. The first-order chi connectivity index (χ1) is 14.7. The fourth-order valence-corrected chi connectivity index (χ4v) is 5.54. The molecule has 0 radical (unpaired) electrons. The molecule has 164 valence electrons. The van der Waals surface area contributed by atoms with Crippen molar-refractivity contribution in [3.05, 3.63) is 35.2 Å². The SMILES string of the molecule is CCC(=O)Nc1cc(C(=O)CSc2nnc3c(n2)[C@@]2(C)CC[C@@H]3C2(C)C)ccc1OC. The minimum atomic E-state index is -0.138. The molecule has 2 atom stereocenters. The van der Waals surface area contributed by atoms with Crippen molar-refractivity contribution in [1.82, 2.24) is 15.2 Å². The van der Waals surface area contributed by atoms with E-state index in [1.165, 1.54) is 18.9 Å². The standard InChI is InChI=1S/C23H28N4O3S/c1-6-18(29)24-15-11-13(7-8-17(15)30-5)16(28)12-31-21-25-20-19(26-27-21)14-9-10-23(20,4)22(14,2)3/h7-8,11,14H,6,9-10,12H2,1-5H3,(H,24,29)/t14-,23+/m0/s1. The maximum atomic E-state index is 12.8. The Labute approximate surface area is 186 Å². The molecule has 1 heterocycles. The van der Waals surface area contributed by atoms with Gasteiger partial charge in [0.15, 0.2) is 5.78 Å². The van der Waals surface area contributed by atoms with Gasteiger partial charge in [0, 0.05) is 23.3 Å². The molecule has 31 heavy (non-hydrogen) atoms. The molecule has 2 aliphatic carbocycles. The lowest BCUT2D eigenvalue weighted by Crippen LogP contribution is -2.32. The number of Topliss-reactive ketones (excluding diaryl/α,β-unsaturated/α-hetero) is 1. The molecule has 0 saturated heterocycles. The maximum absolute atomic E-state index is 12.8. The van der Waals surface area contributed by atoms with Crippen molar-refractivity contribution >= 4 is 29.1 Å². The molecule has 1 fully saturated rings. The number of amides is 1. The van der Waals surface area contributed by atoms with E-state index in [-0.39, 0.29) is 28.3 Å². The van der Waals surface area contributed by atoms with Crippen LogP contribution in [0, 0.1) is 5.41 Å². The van der Waals surface area contributed by atoms with Crippen LogP contribution in [0.15, 0.2) is 23.4 Å². The highest BCUT2D eigenvalue weighted by molar-refractivity contribution is 7.99. The Morgan fingerprint density at radius 2 is 2.03 bits per heavy atom. The Kier molecular flexibility index (Phi) is 5.54. The van der Waals surface area contributed by atoms with Gasteiger partial charge in [-0.15, -0.1) is 5.10 Å². The molecule has 1 N–H and O–H groups in total. The van der Waals surface area contributed by atoms with Gasteiger partial charge in [0.2, 0.25) is 11.1 Å². The molecule has 0 unspecified atom stereocenters. The van der Waals surface area contributed by atoms with E-state index in [0.717, 1.165) is 24.2 Å². The zero-order valence-corrected chi connectivity index (χ0v) is 19.4. The van der Waals surface area contributed by atoms with Crippen LogP contribution in [-0.2, 0) is 10.2 Å². The summed E-state index contributed by atoms with van der Waals surface area (Å²) in [6.45, 7) is 8.63. The van der Waals surface area contributed by atoms with E-state index in [4.69, 9.17) is 9.72 Å². The number of rotatable bonds is 7. The van der Waals surface area contributed by atoms with Gasteiger partial charge in [0.1, 0.15) is 5.75 Å². The van der Waals surface area contributed by atoms with Gasteiger partial charge in [-0.05, 0) is 36.5 Å². The monoisotopic (exact) mass is 440 g/mol. The third-order valence-corrected chi connectivity index (χ3v) is 8.06. The molecule has 0 spiro atoms. The number of nitrogens with zero attached hydrogens (tertiary/aromatic N) is 3. The smallest absolute Gasteiger partial charge is 0.224 e. The zero-order chi connectivity index (χ0) is 22.4. The van der Waals surface area contributed by atoms with Crippen molar-refractivity contribution in [3.8, 4) is 5.75 Å². The molecule has 1 amide bonds. The predicted molar refractivity (Wildman–Crippen MR) is 120 cm³/mol. The average Bonchev–Trinajstić information content (AvgIpc) is 3.09. The quantitative estimate of drug-likeness (QED) is 0.504. The first-order valence-corrected chi connectivity index (χ1v) is 11.6. The fraction of sp³-hybridized carbons (Fsp3) is 0.522. The number of carbonyl (C=O) groups excluding carboxylic acids is 2. The number of hydrogen-bond donors (Lipinski definition) is 1. The third-order valence-electron chi connectivity index (χ3n) is 7.22. The average molecular weight is 441 g/mol.